The SMILES string of the molecule is CCCCCCCCCCC(C)O.O=CO. The number of carbonyl (C=O) groups is 1. The number of hydrogen-bond donors (Lipinski definition) is 2. The van der Waals surface area contributed by atoms with Crippen molar-refractivity contribution in [1.82, 2.24) is 0 Å². The maximum atomic E-state index is 9.03. The molecule has 0 aliphatic rings. The lowest BCUT2D eigenvalue weighted by molar-refractivity contribution is -0.122. The summed E-state index contributed by atoms with van der Waals surface area (Å²) in [5.74, 6) is 0. The van der Waals surface area contributed by atoms with Gasteiger partial charge in [0.15, 0.2) is 0 Å². The van der Waals surface area contributed by atoms with Crippen molar-refractivity contribution >= 4 is 6.47 Å². The van der Waals surface area contributed by atoms with Crippen LogP contribution in [0, 0.1) is 0 Å². The third-order valence-electron chi connectivity index (χ3n) is 2.48. The summed E-state index contributed by atoms with van der Waals surface area (Å²) in [4.78, 5) is 8.36. The van der Waals surface area contributed by atoms with Gasteiger partial charge < -0.3 is 10.2 Å². The molecule has 0 aromatic carbocycles. The minimum Gasteiger partial charge on any atom is -0.483 e. The smallest absolute Gasteiger partial charge is 0.290 e. The minimum atomic E-state index is -0.250. The molecule has 2 N–H and O–H groups in total. The predicted molar refractivity (Wildman–Crippen MR) is 67.6 cm³/mol. The van der Waals surface area contributed by atoms with E-state index in [1.54, 1.807) is 0 Å². The average Bonchev–Trinajstić information content (AvgIpc) is 2.23. The fourth-order valence-electron chi connectivity index (χ4n) is 1.57. The fourth-order valence-corrected chi connectivity index (χ4v) is 1.57. The number of rotatable bonds is 9. The highest BCUT2D eigenvalue weighted by Crippen LogP contribution is 2.10. The molecular formula is C13H28O3. The van der Waals surface area contributed by atoms with Gasteiger partial charge in [0.25, 0.3) is 6.47 Å². The molecule has 0 heterocycles. The molecule has 98 valence electrons. The van der Waals surface area contributed by atoms with E-state index in [9.17, 15) is 0 Å². The zero-order valence-electron chi connectivity index (χ0n) is 10.8. The second-order valence-electron chi connectivity index (χ2n) is 4.22. The highest BCUT2D eigenvalue weighted by Gasteiger charge is 1.95. The Labute approximate surface area is 99.9 Å². The topological polar surface area (TPSA) is 57.5 Å². The summed E-state index contributed by atoms with van der Waals surface area (Å²) in [5.41, 5.74) is 0. The summed E-state index contributed by atoms with van der Waals surface area (Å²) in [6, 6.07) is 0. The van der Waals surface area contributed by atoms with Crippen molar-refractivity contribution in [3.05, 3.63) is 0 Å². The van der Waals surface area contributed by atoms with Gasteiger partial charge in [0.05, 0.1) is 6.10 Å². The van der Waals surface area contributed by atoms with E-state index < -0.39 is 0 Å². The molecule has 0 aromatic rings. The number of aliphatic hydroxyl groups is 1. The van der Waals surface area contributed by atoms with Gasteiger partial charge in [-0.15, -0.1) is 0 Å². The summed E-state index contributed by atoms with van der Waals surface area (Å²) in [7, 11) is 0. The Morgan fingerprint density at radius 1 is 1.00 bits per heavy atom. The summed E-state index contributed by atoms with van der Waals surface area (Å²) >= 11 is 0. The Hall–Kier alpha value is -0.570. The van der Waals surface area contributed by atoms with Crippen LogP contribution in [0.3, 0.4) is 0 Å². The molecule has 0 saturated heterocycles. The van der Waals surface area contributed by atoms with Crippen LogP contribution in [0.15, 0.2) is 0 Å². The molecule has 3 heteroatoms. The standard InChI is InChI=1S/C12H26O.CH2O2/c1-3-4-5-6-7-8-9-10-11-12(2)13;2-1-3/h12-13H,3-11H2,1-2H3;1H,(H,2,3). The molecule has 0 rings (SSSR count). The van der Waals surface area contributed by atoms with Crippen molar-refractivity contribution in [2.75, 3.05) is 0 Å². The van der Waals surface area contributed by atoms with Gasteiger partial charge in [0, 0.05) is 0 Å². The van der Waals surface area contributed by atoms with E-state index in [2.05, 4.69) is 6.92 Å². The van der Waals surface area contributed by atoms with Crippen LogP contribution >= 0.6 is 0 Å². The van der Waals surface area contributed by atoms with E-state index in [0.717, 1.165) is 6.42 Å². The predicted octanol–water partition coefficient (Wildman–Crippen LogP) is 3.60. The Bertz CT molecular complexity index is 124. The normalized spacial score (nSPS) is 11.4. The van der Waals surface area contributed by atoms with Crippen LogP contribution < -0.4 is 0 Å². The highest BCUT2D eigenvalue weighted by atomic mass is 16.3. The van der Waals surface area contributed by atoms with E-state index in [-0.39, 0.29) is 12.6 Å². The molecule has 0 fully saturated rings. The lowest BCUT2D eigenvalue weighted by atomic mass is 10.1. The van der Waals surface area contributed by atoms with Gasteiger partial charge >= 0.3 is 0 Å². The first-order valence-electron chi connectivity index (χ1n) is 6.44. The number of aliphatic hydroxyl groups excluding tert-OH is 1. The quantitative estimate of drug-likeness (QED) is 0.471. The second kappa shape index (κ2) is 16.8. The molecule has 1 unspecified atom stereocenters. The molecule has 1 atom stereocenters. The maximum Gasteiger partial charge on any atom is 0.290 e. The Kier molecular flexibility index (Phi) is 18.8. The molecule has 0 aromatic heterocycles. The van der Waals surface area contributed by atoms with Gasteiger partial charge in [0.1, 0.15) is 0 Å². The fraction of sp³-hybridized carbons (Fsp3) is 0.923. The largest absolute Gasteiger partial charge is 0.483 e. The molecule has 16 heavy (non-hydrogen) atoms. The van der Waals surface area contributed by atoms with Crippen molar-refractivity contribution in [3.8, 4) is 0 Å². The van der Waals surface area contributed by atoms with Gasteiger partial charge in [-0.25, -0.2) is 0 Å². The lowest BCUT2D eigenvalue weighted by Crippen LogP contribution is -1.98. The zero-order chi connectivity index (χ0) is 12.6. The van der Waals surface area contributed by atoms with Crippen molar-refractivity contribution in [3.63, 3.8) is 0 Å². The van der Waals surface area contributed by atoms with Gasteiger partial charge in [-0.2, -0.15) is 0 Å². The van der Waals surface area contributed by atoms with Crippen LogP contribution in [0.5, 0.6) is 0 Å². The summed E-state index contributed by atoms with van der Waals surface area (Å²) in [5, 5.41) is 15.9. The Morgan fingerprint density at radius 3 is 1.75 bits per heavy atom. The zero-order valence-corrected chi connectivity index (χ0v) is 10.8. The van der Waals surface area contributed by atoms with Crippen molar-refractivity contribution < 1.29 is 15.0 Å². The molecular weight excluding hydrogens is 204 g/mol. The van der Waals surface area contributed by atoms with E-state index in [4.69, 9.17) is 15.0 Å². The van der Waals surface area contributed by atoms with Crippen molar-refractivity contribution in [2.45, 2.75) is 77.7 Å². The highest BCUT2D eigenvalue weighted by molar-refractivity contribution is 5.32. The molecule has 0 aliphatic carbocycles. The van der Waals surface area contributed by atoms with Gasteiger partial charge in [0.2, 0.25) is 0 Å². The molecule has 0 radical (unpaired) electrons. The first-order chi connectivity index (χ1) is 7.68. The molecule has 0 aliphatic heterocycles. The Balaban J connectivity index is 0. The minimum absolute atomic E-state index is 0.0971. The van der Waals surface area contributed by atoms with E-state index in [1.807, 2.05) is 6.92 Å². The first-order valence-corrected chi connectivity index (χ1v) is 6.44. The lowest BCUT2D eigenvalue weighted by Gasteiger charge is -2.03. The average molecular weight is 232 g/mol. The summed E-state index contributed by atoms with van der Waals surface area (Å²) < 4.78 is 0. The number of carboxylic acid groups (broad SMARTS) is 1. The molecule has 3 nitrogen and oxygen atoms in total. The molecule has 0 saturated carbocycles. The van der Waals surface area contributed by atoms with E-state index in [1.165, 1.54) is 51.4 Å². The monoisotopic (exact) mass is 232 g/mol. The van der Waals surface area contributed by atoms with E-state index >= 15 is 0 Å². The first kappa shape index (κ1) is 17.8. The third-order valence-corrected chi connectivity index (χ3v) is 2.48. The van der Waals surface area contributed by atoms with Gasteiger partial charge in [-0.1, -0.05) is 58.3 Å². The van der Waals surface area contributed by atoms with Gasteiger partial charge in [-0.3, -0.25) is 4.79 Å². The van der Waals surface area contributed by atoms with Crippen LogP contribution in [0.1, 0.15) is 71.6 Å². The van der Waals surface area contributed by atoms with Crippen molar-refractivity contribution in [2.24, 2.45) is 0 Å². The van der Waals surface area contributed by atoms with Crippen LogP contribution in [-0.2, 0) is 4.79 Å². The maximum absolute atomic E-state index is 9.03. The van der Waals surface area contributed by atoms with Gasteiger partial charge in [-0.05, 0) is 13.3 Å². The third kappa shape index (κ3) is 23.3. The molecule has 0 bridgehead atoms. The van der Waals surface area contributed by atoms with Crippen LogP contribution in [0.25, 0.3) is 0 Å². The van der Waals surface area contributed by atoms with Crippen molar-refractivity contribution in [1.29, 1.82) is 0 Å². The van der Waals surface area contributed by atoms with Crippen LogP contribution in [0.2, 0.25) is 0 Å². The van der Waals surface area contributed by atoms with Crippen LogP contribution in [0.4, 0.5) is 0 Å². The second-order valence-corrected chi connectivity index (χ2v) is 4.22. The van der Waals surface area contributed by atoms with E-state index in [0.29, 0.717) is 0 Å². The number of hydrogen-bond acceptors (Lipinski definition) is 2. The number of unbranched alkanes of at least 4 members (excludes halogenated alkanes) is 7. The molecule has 0 spiro atoms. The summed E-state index contributed by atoms with van der Waals surface area (Å²) in [6.45, 7) is 3.88. The summed E-state index contributed by atoms with van der Waals surface area (Å²) in [6.07, 6.45) is 11.7. The molecule has 0 amide bonds. The van der Waals surface area contributed by atoms with Crippen LogP contribution in [-0.4, -0.2) is 22.8 Å². The Morgan fingerprint density at radius 2 is 1.38 bits per heavy atom.